The highest BCUT2D eigenvalue weighted by molar-refractivity contribution is 6.35. The molecule has 1 aromatic carbocycles. The average molecular weight is 301 g/mol. The van der Waals surface area contributed by atoms with Crippen molar-refractivity contribution in [2.75, 3.05) is 6.61 Å². The van der Waals surface area contributed by atoms with Gasteiger partial charge in [-0.15, -0.1) is 12.4 Å². The van der Waals surface area contributed by atoms with Crippen molar-refractivity contribution in [3.63, 3.8) is 0 Å². The Labute approximate surface area is 117 Å². The fourth-order valence-electron chi connectivity index (χ4n) is 1.34. The number of phenols is 1. The smallest absolute Gasteiger partial charge is 0.139 e. The Bertz CT molecular complexity index is 397. The van der Waals surface area contributed by atoms with E-state index in [1.54, 1.807) is 19.9 Å². The van der Waals surface area contributed by atoms with E-state index in [1.807, 2.05) is 0 Å². The van der Waals surface area contributed by atoms with Gasteiger partial charge in [-0.3, -0.25) is 0 Å². The standard InChI is InChI=1S/C11H15Cl2NO2.ClH/c1-11(2,5-15)10(14)7-3-6(12)4-8(13)9(7)16;/h3-4,10,15-16H,5,14H2,1-2H3;1H/t10-;/m0./s1. The van der Waals surface area contributed by atoms with E-state index >= 15 is 0 Å². The Morgan fingerprint density at radius 1 is 1.35 bits per heavy atom. The molecule has 3 nitrogen and oxygen atoms in total. The summed E-state index contributed by atoms with van der Waals surface area (Å²) < 4.78 is 0. The zero-order valence-electron chi connectivity index (χ0n) is 9.58. The number of hydrogen-bond donors (Lipinski definition) is 3. The Balaban J connectivity index is 0.00000256. The number of aliphatic hydroxyl groups excluding tert-OH is 1. The summed E-state index contributed by atoms with van der Waals surface area (Å²) >= 11 is 11.6. The van der Waals surface area contributed by atoms with E-state index in [-0.39, 0.29) is 29.8 Å². The fourth-order valence-corrected chi connectivity index (χ4v) is 1.85. The van der Waals surface area contributed by atoms with Gasteiger partial charge in [-0.1, -0.05) is 37.0 Å². The van der Waals surface area contributed by atoms with Crippen LogP contribution >= 0.6 is 35.6 Å². The molecule has 0 heterocycles. The van der Waals surface area contributed by atoms with Crippen molar-refractivity contribution in [2.45, 2.75) is 19.9 Å². The molecule has 98 valence electrons. The van der Waals surface area contributed by atoms with E-state index in [4.69, 9.17) is 28.9 Å². The molecule has 0 saturated carbocycles. The van der Waals surface area contributed by atoms with Gasteiger partial charge in [-0.2, -0.15) is 0 Å². The second-order valence-corrected chi connectivity index (χ2v) is 5.29. The first-order valence-electron chi connectivity index (χ1n) is 4.84. The van der Waals surface area contributed by atoms with Crippen LogP contribution in [0.3, 0.4) is 0 Å². The van der Waals surface area contributed by atoms with Gasteiger partial charge >= 0.3 is 0 Å². The van der Waals surface area contributed by atoms with Crippen molar-refractivity contribution in [3.05, 3.63) is 27.7 Å². The van der Waals surface area contributed by atoms with Gasteiger partial charge in [-0.25, -0.2) is 0 Å². The summed E-state index contributed by atoms with van der Waals surface area (Å²) in [6.45, 7) is 3.50. The third-order valence-corrected chi connectivity index (χ3v) is 3.15. The molecule has 0 aromatic heterocycles. The van der Waals surface area contributed by atoms with Gasteiger partial charge in [0.15, 0.2) is 0 Å². The van der Waals surface area contributed by atoms with E-state index in [1.165, 1.54) is 6.07 Å². The second-order valence-electron chi connectivity index (χ2n) is 4.45. The molecule has 6 heteroatoms. The number of rotatable bonds is 3. The zero-order chi connectivity index (χ0) is 12.5. The van der Waals surface area contributed by atoms with Crippen LogP contribution in [0.25, 0.3) is 0 Å². The maximum Gasteiger partial charge on any atom is 0.139 e. The van der Waals surface area contributed by atoms with Crippen molar-refractivity contribution in [1.29, 1.82) is 0 Å². The topological polar surface area (TPSA) is 66.5 Å². The number of hydrogen-bond acceptors (Lipinski definition) is 3. The SMILES string of the molecule is CC(C)(CO)[C@@H](N)c1cc(Cl)cc(Cl)c1O.Cl. The highest BCUT2D eigenvalue weighted by Crippen LogP contribution is 2.40. The molecule has 4 N–H and O–H groups in total. The van der Waals surface area contributed by atoms with Crippen LogP contribution in [-0.4, -0.2) is 16.8 Å². The molecule has 1 rings (SSSR count). The molecule has 1 aromatic rings. The largest absolute Gasteiger partial charge is 0.506 e. The molecule has 0 unspecified atom stereocenters. The van der Waals surface area contributed by atoms with Gasteiger partial charge in [0.2, 0.25) is 0 Å². The number of phenolic OH excluding ortho intramolecular Hbond substituents is 1. The van der Waals surface area contributed by atoms with Gasteiger partial charge in [-0.05, 0) is 12.1 Å². The number of benzene rings is 1. The minimum Gasteiger partial charge on any atom is -0.506 e. The summed E-state index contributed by atoms with van der Waals surface area (Å²) in [6.07, 6.45) is 0. The molecule has 0 aliphatic carbocycles. The lowest BCUT2D eigenvalue weighted by molar-refractivity contribution is 0.131. The molecule has 0 spiro atoms. The van der Waals surface area contributed by atoms with Crippen molar-refractivity contribution in [2.24, 2.45) is 11.1 Å². The van der Waals surface area contributed by atoms with Crippen LogP contribution in [0.15, 0.2) is 12.1 Å². The molecule has 0 saturated heterocycles. The minimum absolute atomic E-state index is 0. The van der Waals surface area contributed by atoms with E-state index in [0.717, 1.165) is 0 Å². The monoisotopic (exact) mass is 299 g/mol. The van der Waals surface area contributed by atoms with Gasteiger partial charge in [0, 0.05) is 28.6 Å². The molecule has 0 aliphatic rings. The van der Waals surface area contributed by atoms with Gasteiger partial charge in [0.1, 0.15) is 5.75 Å². The van der Waals surface area contributed by atoms with Crippen LogP contribution < -0.4 is 5.73 Å². The Hall–Kier alpha value is -0.190. The summed E-state index contributed by atoms with van der Waals surface area (Å²) in [7, 11) is 0. The van der Waals surface area contributed by atoms with Crippen LogP contribution in [0.5, 0.6) is 5.75 Å². The molecular formula is C11H16Cl3NO2. The van der Waals surface area contributed by atoms with Crippen LogP contribution in [0, 0.1) is 5.41 Å². The maximum absolute atomic E-state index is 9.80. The molecule has 0 bridgehead atoms. The first-order chi connectivity index (χ1) is 7.29. The lowest BCUT2D eigenvalue weighted by Gasteiger charge is -2.30. The van der Waals surface area contributed by atoms with Crippen molar-refractivity contribution in [1.82, 2.24) is 0 Å². The fraction of sp³-hybridized carbons (Fsp3) is 0.455. The minimum atomic E-state index is -0.564. The third kappa shape index (κ3) is 3.63. The Morgan fingerprint density at radius 2 is 1.88 bits per heavy atom. The lowest BCUT2D eigenvalue weighted by atomic mass is 9.81. The summed E-state index contributed by atoms with van der Waals surface area (Å²) in [4.78, 5) is 0. The first-order valence-corrected chi connectivity index (χ1v) is 5.59. The highest BCUT2D eigenvalue weighted by atomic mass is 35.5. The van der Waals surface area contributed by atoms with Crippen molar-refractivity contribution in [3.8, 4) is 5.75 Å². The van der Waals surface area contributed by atoms with Gasteiger partial charge in [0.25, 0.3) is 0 Å². The summed E-state index contributed by atoms with van der Waals surface area (Å²) in [5.74, 6) is -0.0832. The quantitative estimate of drug-likeness (QED) is 0.803. The summed E-state index contributed by atoms with van der Waals surface area (Å²) in [6, 6.07) is 2.46. The van der Waals surface area contributed by atoms with Crippen molar-refractivity contribution >= 4 is 35.6 Å². The normalized spacial score (nSPS) is 13.1. The third-order valence-electron chi connectivity index (χ3n) is 2.64. The zero-order valence-corrected chi connectivity index (χ0v) is 11.9. The van der Waals surface area contributed by atoms with Crippen molar-refractivity contribution < 1.29 is 10.2 Å². The molecule has 17 heavy (non-hydrogen) atoms. The summed E-state index contributed by atoms with van der Waals surface area (Å²) in [5.41, 5.74) is 5.86. The van der Waals surface area contributed by atoms with Gasteiger partial charge < -0.3 is 15.9 Å². The molecule has 0 amide bonds. The first kappa shape index (κ1) is 16.8. The lowest BCUT2D eigenvalue weighted by Crippen LogP contribution is -2.32. The number of aliphatic hydroxyl groups is 1. The molecule has 0 aliphatic heterocycles. The van der Waals surface area contributed by atoms with Crippen LogP contribution in [0.1, 0.15) is 25.5 Å². The molecular weight excluding hydrogens is 284 g/mol. The average Bonchev–Trinajstić information content (AvgIpc) is 2.22. The molecule has 0 radical (unpaired) electrons. The van der Waals surface area contributed by atoms with Crippen LogP contribution in [0.2, 0.25) is 10.0 Å². The Kier molecular flexibility index (Phi) is 6.05. The predicted molar refractivity (Wildman–Crippen MR) is 73.2 cm³/mol. The van der Waals surface area contributed by atoms with E-state index in [9.17, 15) is 10.2 Å². The predicted octanol–water partition coefficient (Wildman–Crippen LogP) is 3.14. The number of halogens is 3. The second kappa shape index (κ2) is 6.12. The van der Waals surface area contributed by atoms with E-state index in [2.05, 4.69) is 0 Å². The molecule has 1 atom stereocenters. The number of aromatic hydroxyl groups is 1. The van der Waals surface area contributed by atoms with Crippen LogP contribution in [-0.2, 0) is 0 Å². The maximum atomic E-state index is 9.80. The van der Waals surface area contributed by atoms with E-state index in [0.29, 0.717) is 10.6 Å². The highest BCUT2D eigenvalue weighted by Gasteiger charge is 2.29. The van der Waals surface area contributed by atoms with Crippen LogP contribution in [0.4, 0.5) is 0 Å². The summed E-state index contributed by atoms with van der Waals surface area (Å²) in [5, 5.41) is 19.6. The number of nitrogens with two attached hydrogens (primary N) is 1. The molecule has 0 fully saturated rings. The van der Waals surface area contributed by atoms with Gasteiger partial charge in [0.05, 0.1) is 5.02 Å². The Morgan fingerprint density at radius 3 is 2.35 bits per heavy atom. The van der Waals surface area contributed by atoms with E-state index < -0.39 is 11.5 Å².